The van der Waals surface area contributed by atoms with E-state index in [9.17, 15) is 28.8 Å². The molecule has 3 aromatic rings. The van der Waals surface area contributed by atoms with Gasteiger partial charge in [0.15, 0.2) is 5.69 Å². The van der Waals surface area contributed by atoms with Crippen LogP contribution in [0.3, 0.4) is 0 Å². The first-order valence-electron chi connectivity index (χ1n) is 18.9. The van der Waals surface area contributed by atoms with Crippen molar-refractivity contribution in [2.24, 2.45) is 23.5 Å². The number of hydrogen-bond acceptors (Lipinski definition) is 14. The summed E-state index contributed by atoms with van der Waals surface area (Å²) in [4.78, 5) is 82.0. The van der Waals surface area contributed by atoms with Crippen LogP contribution in [0.4, 0.5) is 10.5 Å². The predicted molar refractivity (Wildman–Crippen MR) is 216 cm³/mol. The van der Waals surface area contributed by atoms with E-state index < -0.39 is 60.4 Å². The van der Waals surface area contributed by atoms with Gasteiger partial charge < -0.3 is 40.1 Å². The zero-order valence-corrected chi connectivity index (χ0v) is 34.0. The molecule has 314 valence electrons. The van der Waals surface area contributed by atoms with Crippen LogP contribution in [-0.2, 0) is 28.5 Å². The lowest BCUT2D eigenvalue weighted by molar-refractivity contribution is -0.169. The second kappa shape index (κ2) is 20.2. The molecule has 0 radical (unpaired) electrons. The summed E-state index contributed by atoms with van der Waals surface area (Å²) < 4.78 is 26.3. The van der Waals surface area contributed by atoms with Gasteiger partial charge in [-0.3, -0.25) is 29.9 Å². The molecule has 17 nitrogen and oxygen atoms in total. The number of rotatable bonds is 17. The number of nitrogens with zero attached hydrogens (tertiary/aromatic N) is 1. The highest BCUT2D eigenvalue weighted by Crippen LogP contribution is 2.35. The van der Waals surface area contributed by atoms with Crippen LogP contribution < -0.4 is 26.4 Å². The minimum absolute atomic E-state index is 0.0402. The van der Waals surface area contributed by atoms with Gasteiger partial charge in [0, 0.05) is 53.9 Å². The van der Waals surface area contributed by atoms with Crippen LogP contribution in [0.2, 0.25) is 0 Å². The van der Waals surface area contributed by atoms with Crippen LogP contribution in [0.5, 0.6) is 5.75 Å². The van der Waals surface area contributed by atoms with Crippen molar-refractivity contribution in [1.29, 1.82) is 5.41 Å². The fourth-order valence-electron chi connectivity index (χ4n) is 5.29. The molecule has 17 heteroatoms. The molecule has 1 fully saturated rings. The molecule has 0 aliphatic heterocycles. The van der Waals surface area contributed by atoms with Crippen LogP contribution in [0.1, 0.15) is 96.8 Å². The molecule has 0 saturated heterocycles. The summed E-state index contributed by atoms with van der Waals surface area (Å²) in [5.41, 5.74) is 6.73. The highest BCUT2D eigenvalue weighted by Gasteiger charge is 2.29. The molecule has 4 rings (SSSR count). The molecule has 0 bridgehead atoms. The Labute approximate surface area is 341 Å². The Balaban J connectivity index is 1.64. The molecule has 0 spiro atoms. The Morgan fingerprint density at radius 2 is 1.51 bits per heavy atom. The first kappa shape index (κ1) is 45.1. The average Bonchev–Trinajstić information content (AvgIpc) is 4.03. The van der Waals surface area contributed by atoms with E-state index in [0.29, 0.717) is 29.5 Å². The van der Waals surface area contributed by atoms with Crippen LogP contribution in [0.25, 0.3) is 17.2 Å². The van der Waals surface area contributed by atoms with Crippen molar-refractivity contribution in [3.8, 4) is 16.9 Å². The van der Waals surface area contributed by atoms with Crippen LogP contribution in [-0.4, -0.2) is 78.9 Å². The number of pyridine rings is 1. The maximum Gasteiger partial charge on any atom is 0.415 e. The number of amides is 3. The Hall–Kier alpha value is -6.62. The molecule has 1 heterocycles. The number of aromatic nitrogens is 1. The smallest absolute Gasteiger partial charge is 0.415 e. The number of methoxy groups -OCH3 is 1. The lowest BCUT2D eigenvalue weighted by Gasteiger charge is -2.20. The van der Waals surface area contributed by atoms with E-state index >= 15 is 0 Å². The summed E-state index contributed by atoms with van der Waals surface area (Å²) in [6, 6.07) is 10.8. The highest BCUT2D eigenvalue weighted by molar-refractivity contribution is 6.11. The SMILES string of the molecule is C=Cc1cc(C(=O)Nc2ccc(C(=N)NC(=O)OC(C)OC(=O)C(C)C)cc2)c(-c2ccc(C(=O)NCC3CC3)nc2C(=O)OC(C)OC(=O)[C@@H](N)C(C)C)cc1OC. The van der Waals surface area contributed by atoms with Gasteiger partial charge in [0.1, 0.15) is 23.3 Å². The Bertz CT molecular complexity index is 2100. The van der Waals surface area contributed by atoms with Gasteiger partial charge in [-0.2, -0.15) is 0 Å². The van der Waals surface area contributed by atoms with Gasteiger partial charge in [0.25, 0.3) is 11.8 Å². The number of alkyl carbamates (subject to hydrolysis) is 1. The monoisotopic (exact) mass is 814 g/mol. The molecule has 2 aromatic carbocycles. The number of carbonyl (C=O) groups excluding carboxylic acids is 6. The number of benzene rings is 2. The lowest BCUT2D eigenvalue weighted by atomic mass is 9.94. The molecule has 3 amide bonds. The number of esters is 3. The predicted octanol–water partition coefficient (Wildman–Crippen LogP) is 5.42. The first-order chi connectivity index (χ1) is 27.9. The standard InChI is InChI=1S/C42H50N6O11/c1-9-26-18-31(37(49)46-28-14-12-27(13-15-28)36(44)48-42(54)59-24(7)56-39(51)22(4)5)30(19-33(26)55-8)29-16-17-32(38(50)45-20-25-10-11-25)47-35(29)41(53)58-23(6)57-40(52)34(43)21(2)3/h9,12-19,21-25,34H,1,10-11,20,43H2,2-8H3,(H,45,50)(H,46,49)(H2,44,48,54)/t23?,24?,34-/m0/s1. The minimum Gasteiger partial charge on any atom is -0.496 e. The van der Waals surface area contributed by atoms with Gasteiger partial charge in [-0.05, 0) is 73.2 Å². The van der Waals surface area contributed by atoms with Gasteiger partial charge in [-0.25, -0.2) is 14.6 Å². The van der Waals surface area contributed by atoms with Crippen molar-refractivity contribution in [1.82, 2.24) is 15.6 Å². The van der Waals surface area contributed by atoms with E-state index in [1.807, 2.05) is 0 Å². The number of carbonyl (C=O) groups is 6. The van der Waals surface area contributed by atoms with Crippen molar-refractivity contribution >= 4 is 53.4 Å². The molecule has 3 atom stereocenters. The van der Waals surface area contributed by atoms with E-state index in [-0.39, 0.29) is 45.4 Å². The van der Waals surface area contributed by atoms with Crippen molar-refractivity contribution in [3.05, 3.63) is 83.2 Å². The quantitative estimate of drug-likeness (QED) is 0.0495. The Morgan fingerprint density at radius 1 is 0.864 bits per heavy atom. The number of amidine groups is 1. The molecule has 2 unspecified atom stereocenters. The average molecular weight is 815 g/mol. The van der Waals surface area contributed by atoms with Gasteiger partial charge in [0.05, 0.1) is 13.0 Å². The van der Waals surface area contributed by atoms with Crippen LogP contribution in [0, 0.1) is 23.2 Å². The van der Waals surface area contributed by atoms with E-state index in [1.54, 1.807) is 27.7 Å². The lowest BCUT2D eigenvalue weighted by Crippen LogP contribution is -2.39. The zero-order valence-electron chi connectivity index (χ0n) is 34.0. The molecular formula is C42H50N6O11. The maximum atomic E-state index is 14.1. The minimum atomic E-state index is -1.40. The Morgan fingerprint density at radius 3 is 2.10 bits per heavy atom. The van der Waals surface area contributed by atoms with Gasteiger partial charge in [-0.15, -0.1) is 0 Å². The summed E-state index contributed by atoms with van der Waals surface area (Å²) >= 11 is 0. The number of anilines is 1. The van der Waals surface area contributed by atoms with Crippen LogP contribution >= 0.6 is 0 Å². The molecule has 6 N–H and O–H groups in total. The van der Waals surface area contributed by atoms with Crippen LogP contribution in [0.15, 0.2) is 55.1 Å². The molecular weight excluding hydrogens is 764 g/mol. The second-order valence-electron chi connectivity index (χ2n) is 14.4. The number of hydrogen-bond donors (Lipinski definition) is 5. The van der Waals surface area contributed by atoms with Gasteiger partial charge in [-0.1, -0.05) is 40.3 Å². The third-order valence-corrected chi connectivity index (χ3v) is 8.92. The topological polar surface area (TPSA) is 247 Å². The fourth-order valence-corrected chi connectivity index (χ4v) is 5.29. The molecule has 1 saturated carbocycles. The number of nitrogens with one attached hydrogen (secondary N) is 4. The van der Waals surface area contributed by atoms with Gasteiger partial charge in [0.2, 0.25) is 12.6 Å². The summed E-state index contributed by atoms with van der Waals surface area (Å²) in [5.74, 6) is -3.91. The highest BCUT2D eigenvalue weighted by atomic mass is 16.7. The summed E-state index contributed by atoms with van der Waals surface area (Å²) in [7, 11) is 1.42. The summed E-state index contributed by atoms with van der Waals surface area (Å²) in [5, 5.41) is 16.2. The van der Waals surface area contributed by atoms with E-state index in [2.05, 4.69) is 27.5 Å². The van der Waals surface area contributed by atoms with Crippen molar-refractivity contribution in [2.75, 3.05) is 19.0 Å². The molecule has 59 heavy (non-hydrogen) atoms. The third kappa shape index (κ3) is 12.4. The van der Waals surface area contributed by atoms with Crippen molar-refractivity contribution < 1.29 is 52.5 Å². The fraction of sp³-hybridized carbons (Fsp3) is 0.381. The molecule has 1 aliphatic carbocycles. The van der Waals surface area contributed by atoms with E-state index in [0.717, 1.165) is 12.8 Å². The normalized spacial score (nSPS) is 13.6. The van der Waals surface area contributed by atoms with E-state index in [1.165, 1.54) is 75.6 Å². The zero-order chi connectivity index (χ0) is 43.6. The number of ether oxygens (including phenoxy) is 5. The number of nitrogens with two attached hydrogens (primary N) is 1. The van der Waals surface area contributed by atoms with Gasteiger partial charge >= 0.3 is 24.0 Å². The maximum absolute atomic E-state index is 14.1. The summed E-state index contributed by atoms with van der Waals surface area (Å²) in [6.07, 6.45) is -0.132. The second-order valence-corrected chi connectivity index (χ2v) is 14.4. The third-order valence-electron chi connectivity index (χ3n) is 8.92. The van der Waals surface area contributed by atoms with Crippen molar-refractivity contribution in [3.63, 3.8) is 0 Å². The molecule has 1 aliphatic rings. The molecule has 1 aromatic heterocycles. The van der Waals surface area contributed by atoms with Crippen molar-refractivity contribution in [2.45, 2.75) is 73.0 Å². The summed E-state index contributed by atoms with van der Waals surface area (Å²) in [6.45, 7) is 13.7. The van der Waals surface area contributed by atoms with E-state index in [4.69, 9.17) is 34.8 Å². The largest absolute Gasteiger partial charge is 0.496 e. The first-order valence-corrected chi connectivity index (χ1v) is 18.9. The Kier molecular flexibility index (Phi) is 15.4.